The molecule has 1 aliphatic rings. The van der Waals surface area contributed by atoms with Gasteiger partial charge in [-0.05, 0) is 31.8 Å². The van der Waals surface area contributed by atoms with E-state index in [0.717, 1.165) is 5.92 Å². The summed E-state index contributed by atoms with van der Waals surface area (Å²) in [6.07, 6.45) is 3.00. The number of hydrogen-bond acceptors (Lipinski definition) is 3. The first-order chi connectivity index (χ1) is 4.81. The normalized spacial score (nSPS) is 18.5. The van der Waals surface area contributed by atoms with Crippen LogP contribution in [0.4, 0.5) is 0 Å². The number of rotatable bonds is 0. The third kappa shape index (κ3) is 5.48. The van der Waals surface area contributed by atoms with Gasteiger partial charge in [0.2, 0.25) is 0 Å². The number of carbonyl (C=O) groups excluding carboxylic acids is 2. The van der Waals surface area contributed by atoms with Gasteiger partial charge in [-0.1, -0.05) is 6.92 Å². The van der Waals surface area contributed by atoms with Crippen LogP contribution in [0.15, 0.2) is 0 Å². The largest absolute Gasteiger partial charge is 0.373 e. The summed E-state index contributed by atoms with van der Waals surface area (Å²) in [5, 5.41) is 3.32. The van der Waals surface area contributed by atoms with Crippen LogP contribution >= 0.6 is 0 Å². The Bertz CT molecular complexity index is 102. The van der Waals surface area contributed by atoms with E-state index in [9.17, 15) is 0 Å². The van der Waals surface area contributed by atoms with Crippen molar-refractivity contribution in [2.45, 2.75) is 19.8 Å². The summed E-state index contributed by atoms with van der Waals surface area (Å²) in [5.74, 6) is 0.973. The predicted molar refractivity (Wildman–Crippen MR) is 36.3 cm³/mol. The Kier molecular flexibility index (Phi) is 6.03. The van der Waals surface area contributed by atoms with Gasteiger partial charge in [-0.25, -0.2) is 0 Å². The zero-order valence-electron chi connectivity index (χ0n) is 6.22. The van der Waals surface area contributed by atoms with Gasteiger partial charge in [-0.3, -0.25) is 0 Å². The summed E-state index contributed by atoms with van der Waals surface area (Å²) >= 11 is 0. The minimum atomic E-state index is 0.250. The van der Waals surface area contributed by atoms with Gasteiger partial charge in [-0.2, -0.15) is 9.59 Å². The first-order valence-electron chi connectivity index (χ1n) is 3.51. The Balaban J connectivity index is 0.000000236. The van der Waals surface area contributed by atoms with Crippen molar-refractivity contribution >= 4 is 6.15 Å². The van der Waals surface area contributed by atoms with Gasteiger partial charge in [-0.15, -0.1) is 0 Å². The molecule has 1 N–H and O–H groups in total. The maximum absolute atomic E-state index is 8.12. The lowest BCUT2D eigenvalue weighted by atomic mass is 10.0. The summed E-state index contributed by atoms with van der Waals surface area (Å²) < 4.78 is 0. The predicted octanol–water partition coefficient (Wildman–Crippen LogP) is 0.422. The molecule has 0 aromatic rings. The maximum Gasteiger partial charge on any atom is 0.373 e. The fourth-order valence-corrected chi connectivity index (χ4v) is 0.966. The fraction of sp³-hybridized carbons (Fsp3) is 0.857. The van der Waals surface area contributed by atoms with Crippen LogP contribution in [0.1, 0.15) is 19.8 Å². The van der Waals surface area contributed by atoms with Gasteiger partial charge < -0.3 is 5.32 Å². The topological polar surface area (TPSA) is 46.2 Å². The van der Waals surface area contributed by atoms with Crippen molar-refractivity contribution < 1.29 is 9.59 Å². The lowest BCUT2D eigenvalue weighted by molar-refractivity contribution is -0.191. The van der Waals surface area contributed by atoms with Crippen molar-refractivity contribution in [3.8, 4) is 0 Å². The SMILES string of the molecule is CC1CCNCC1.O=C=O. The van der Waals surface area contributed by atoms with Gasteiger partial charge in [0.1, 0.15) is 0 Å². The quantitative estimate of drug-likeness (QED) is 0.534. The first-order valence-corrected chi connectivity index (χ1v) is 3.51. The Labute approximate surface area is 60.8 Å². The minimum absolute atomic E-state index is 0.250. The third-order valence-corrected chi connectivity index (χ3v) is 1.63. The molecule has 0 aromatic carbocycles. The molecule has 0 saturated carbocycles. The molecule has 1 aliphatic heterocycles. The molecule has 0 radical (unpaired) electrons. The molecular formula is C7H13NO2. The molecule has 3 nitrogen and oxygen atoms in total. The van der Waals surface area contributed by atoms with Gasteiger partial charge >= 0.3 is 6.15 Å². The van der Waals surface area contributed by atoms with E-state index in [1.807, 2.05) is 0 Å². The van der Waals surface area contributed by atoms with Crippen LogP contribution in [0.2, 0.25) is 0 Å². The van der Waals surface area contributed by atoms with Crippen molar-refractivity contribution in [3.63, 3.8) is 0 Å². The van der Waals surface area contributed by atoms with Crippen LogP contribution in [0.25, 0.3) is 0 Å². The maximum atomic E-state index is 8.12. The van der Waals surface area contributed by atoms with E-state index in [2.05, 4.69) is 12.2 Å². The lowest BCUT2D eigenvalue weighted by Gasteiger charge is -2.17. The summed E-state index contributed by atoms with van der Waals surface area (Å²) in [4.78, 5) is 16.2. The highest BCUT2D eigenvalue weighted by molar-refractivity contribution is 5.20. The molecule has 58 valence electrons. The Morgan fingerprint density at radius 2 is 1.70 bits per heavy atom. The average Bonchev–Trinajstić information content (AvgIpc) is 1.91. The van der Waals surface area contributed by atoms with Crippen molar-refractivity contribution in [1.29, 1.82) is 0 Å². The highest BCUT2D eigenvalue weighted by atomic mass is 16.2. The summed E-state index contributed by atoms with van der Waals surface area (Å²) in [6.45, 7) is 4.79. The molecule has 1 heterocycles. The number of piperidine rings is 1. The van der Waals surface area contributed by atoms with E-state index in [-0.39, 0.29) is 6.15 Å². The van der Waals surface area contributed by atoms with Gasteiger partial charge in [0.05, 0.1) is 0 Å². The number of nitrogens with one attached hydrogen (secondary N) is 1. The third-order valence-electron chi connectivity index (χ3n) is 1.63. The van der Waals surface area contributed by atoms with Crippen LogP contribution < -0.4 is 5.32 Å². The average molecular weight is 143 g/mol. The van der Waals surface area contributed by atoms with E-state index < -0.39 is 0 Å². The summed E-state index contributed by atoms with van der Waals surface area (Å²) in [5.41, 5.74) is 0. The number of hydrogen-bond donors (Lipinski definition) is 1. The molecule has 0 amide bonds. The molecule has 0 unspecified atom stereocenters. The Morgan fingerprint density at radius 3 is 1.90 bits per heavy atom. The molecule has 0 spiro atoms. The van der Waals surface area contributed by atoms with E-state index >= 15 is 0 Å². The van der Waals surface area contributed by atoms with Gasteiger partial charge in [0.15, 0.2) is 0 Å². The molecule has 0 atom stereocenters. The molecule has 1 saturated heterocycles. The molecule has 3 heteroatoms. The Morgan fingerprint density at radius 1 is 1.30 bits per heavy atom. The van der Waals surface area contributed by atoms with E-state index in [0.29, 0.717) is 0 Å². The van der Waals surface area contributed by atoms with E-state index in [1.54, 1.807) is 0 Å². The second kappa shape index (κ2) is 6.46. The summed E-state index contributed by atoms with van der Waals surface area (Å²) in [7, 11) is 0. The highest BCUT2D eigenvalue weighted by Crippen LogP contribution is 2.08. The van der Waals surface area contributed by atoms with Gasteiger partial charge in [0.25, 0.3) is 0 Å². The lowest BCUT2D eigenvalue weighted by Crippen LogP contribution is -2.26. The molecule has 0 aromatic heterocycles. The molecule has 1 rings (SSSR count). The zero-order chi connectivity index (χ0) is 7.82. The second-order valence-corrected chi connectivity index (χ2v) is 2.52. The second-order valence-electron chi connectivity index (χ2n) is 2.52. The van der Waals surface area contributed by atoms with Crippen LogP contribution in [0.3, 0.4) is 0 Å². The molecule has 1 fully saturated rings. The van der Waals surface area contributed by atoms with Gasteiger partial charge in [0, 0.05) is 0 Å². The highest BCUT2D eigenvalue weighted by Gasteiger charge is 2.04. The zero-order valence-corrected chi connectivity index (χ0v) is 6.22. The van der Waals surface area contributed by atoms with Crippen molar-refractivity contribution in [3.05, 3.63) is 0 Å². The Hall–Kier alpha value is -0.660. The monoisotopic (exact) mass is 143 g/mol. The fourth-order valence-electron chi connectivity index (χ4n) is 0.966. The molecular weight excluding hydrogens is 130 g/mol. The van der Waals surface area contributed by atoms with E-state index in [1.165, 1.54) is 25.9 Å². The van der Waals surface area contributed by atoms with Crippen molar-refractivity contribution in [2.75, 3.05) is 13.1 Å². The van der Waals surface area contributed by atoms with Crippen LogP contribution in [-0.4, -0.2) is 19.2 Å². The summed E-state index contributed by atoms with van der Waals surface area (Å²) in [6, 6.07) is 0. The van der Waals surface area contributed by atoms with Crippen LogP contribution in [-0.2, 0) is 9.59 Å². The molecule has 10 heavy (non-hydrogen) atoms. The smallest absolute Gasteiger partial charge is 0.317 e. The van der Waals surface area contributed by atoms with Crippen molar-refractivity contribution in [2.24, 2.45) is 5.92 Å². The minimum Gasteiger partial charge on any atom is -0.317 e. The molecule has 0 bridgehead atoms. The van der Waals surface area contributed by atoms with Crippen LogP contribution in [0.5, 0.6) is 0 Å². The van der Waals surface area contributed by atoms with E-state index in [4.69, 9.17) is 9.59 Å². The van der Waals surface area contributed by atoms with Crippen molar-refractivity contribution in [1.82, 2.24) is 5.32 Å². The van der Waals surface area contributed by atoms with Crippen LogP contribution in [0, 0.1) is 5.92 Å². The first kappa shape index (κ1) is 9.34. The standard InChI is InChI=1S/C6H13N.CO2/c1-6-2-4-7-5-3-6;2-1-3/h6-7H,2-5H2,1H3;. The molecule has 0 aliphatic carbocycles.